The van der Waals surface area contributed by atoms with Crippen LogP contribution < -0.4 is 15.8 Å². The number of nitrogens with zero attached hydrogens (tertiary/aromatic N) is 3. The fraction of sp³-hybridized carbons (Fsp3) is 0.346. The van der Waals surface area contributed by atoms with E-state index in [4.69, 9.17) is 10.5 Å². The lowest BCUT2D eigenvalue weighted by Gasteiger charge is -2.28. The number of ether oxygens (including phenoxy) is 1. The minimum absolute atomic E-state index is 0.0705. The van der Waals surface area contributed by atoms with Crippen LogP contribution in [0.25, 0.3) is 11.1 Å². The molecule has 2 aromatic heterocycles. The molecule has 0 bridgehead atoms. The summed E-state index contributed by atoms with van der Waals surface area (Å²) < 4.78 is 43.7. The SMILES string of the molecule is NC(=O)c1cnc(C(=O)NCCC(F)(F)F)c([C@H]2COc3cccc(-c4cnc(C5CC5)nc4)c3C2)c1. The molecule has 1 atom stereocenters. The molecular weight excluding hydrogens is 487 g/mol. The Hall–Kier alpha value is -4.02. The van der Waals surface area contributed by atoms with Gasteiger partial charge in [0.2, 0.25) is 5.91 Å². The topological polar surface area (TPSA) is 120 Å². The summed E-state index contributed by atoms with van der Waals surface area (Å²) in [7, 11) is 0. The molecule has 0 saturated heterocycles. The van der Waals surface area contributed by atoms with Gasteiger partial charge in [-0.05, 0) is 42.5 Å². The van der Waals surface area contributed by atoms with E-state index in [1.54, 1.807) is 12.4 Å². The molecule has 1 aliphatic heterocycles. The molecule has 11 heteroatoms. The van der Waals surface area contributed by atoms with E-state index in [1.165, 1.54) is 6.07 Å². The second kappa shape index (κ2) is 9.79. The van der Waals surface area contributed by atoms with Crippen molar-refractivity contribution in [1.29, 1.82) is 0 Å². The van der Waals surface area contributed by atoms with Crippen molar-refractivity contribution in [3.8, 4) is 16.9 Å². The third kappa shape index (κ3) is 5.55. The number of benzene rings is 1. The monoisotopic (exact) mass is 511 g/mol. The Kier molecular flexibility index (Phi) is 6.53. The highest BCUT2D eigenvalue weighted by Crippen LogP contribution is 2.41. The van der Waals surface area contributed by atoms with Gasteiger partial charge >= 0.3 is 6.18 Å². The van der Waals surface area contributed by atoms with Gasteiger partial charge in [-0.3, -0.25) is 9.59 Å². The number of alkyl halides is 3. The van der Waals surface area contributed by atoms with Crippen LogP contribution in [0, 0.1) is 0 Å². The fourth-order valence-electron chi connectivity index (χ4n) is 4.43. The summed E-state index contributed by atoms with van der Waals surface area (Å²) in [6, 6.07) is 7.11. The van der Waals surface area contributed by atoms with Gasteiger partial charge in [-0.25, -0.2) is 15.0 Å². The predicted octanol–water partition coefficient (Wildman–Crippen LogP) is 3.92. The van der Waals surface area contributed by atoms with Gasteiger partial charge in [0.05, 0.1) is 18.6 Å². The van der Waals surface area contributed by atoms with E-state index in [0.717, 1.165) is 41.6 Å². The molecule has 3 N–H and O–H groups in total. The number of nitrogens with one attached hydrogen (secondary N) is 1. The largest absolute Gasteiger partial charge is 0.493 e. The Morgan fingerprint density at radius 3 is 2.51 bits per heavy atom. The van der Waals surface area contributed by atoms with Crippen molar-refractivity contribution in [2.75, 3.05) is 13.2 Å². The van der Waals surface area contributed by atoms with Crippen LogP contribution in [0.15, 0.2) is 42.9 Å². The summed E-state index contributed by atoms with van der Waals surface area (Å²) >= 11 is 0. The number of halogens is 3. The van der Waals surface area contributed by atoms with Gasteiger partial charge in [-0.2, -0.15) is 13.2 Å². The quantitative estimate of drug-likeness (QED) is 0.496. The first kappa shape index (κ1) is 24.7. The molecule has 2 amide bonds. The first-order valence-electron chi connectivity index (χ1n) is 11.9. The van der Waals surface area contributed by atoms with Crippen molar-refractivity contribution in [1.82, 2.24) is 20.3 Å². The van der Waals surface area contributed by atoms with Crippen molar-refractivity contribution in [3.05, 3.63) is 71.1 Å². The van der Waals surface area contributed by atoms with Crippen LogP contribution in [0.3, 0.4) is 0 Å². The summed E-state index contributed by atoms with van der Waals surface area (Å²) in [4.78, 5) is 37.7. The maximum Gasteiger partial charge on any atom is 0.390 e. The van der Waals surface area contributed by atoms with Gasteiger partial charge in [-0.15, -0.1) is 0 Å². The molecule has 37 heavy (non-hydrogen) atoms. The Bertz CT molecular complexity index is 1340. The Balaban J connectivity index is 1.45. The van der Waals surface area contributed by atoms with Crippen molar-refractivity contribution in [2.24, 2.45) is 5.73 Å². The lowest BCUT2D eigenvalue weighted by Crippen LogP contribution is -2.31. The molecule has 1 saturated carbocycles. The smallest absolute Gasteiger partial charge is 0.390 e. The number of hydrogen-bond donors (Lipinski definition) is 2. The van der Waals surface area contributed by atoms with E-state index < -0.39 is 36.9 Å². The Morgan fingerprint density at radius 1 is 1.08 bits per heavy atom. The Labute approximate surface area is 210 Å². The van der Waals surface area contributed by atoms with Gasteiger partial charge < -0.3 is 15.8 Å². The molecule has 3 heterocycles. The van der Waals surface area contributed by atoms with E-state index in [-0.39, 0.29) is 17.9 Å². The highest BCUT2D eigenvalue weighted by Gasteiger charge is 2.31. The highest BCUT2D eigenvalue weighted by atomic mass is 19.4. The normalized spacial score (nSPS) is 17.0. The predicted molar refractivity (Wildman–Crippen MR) is 127 cm³/mol. The average molecular weight is 512 g/mol. The van der Waals surface area contributed by atoms with Crippen LogP contribution in [0.1, 0.15) is 68.9 Å². The molecule has 0 spiro atoms. The van der Waals surface area contributed by atoms with Crippen LogP contribution in [0.5, 0.6) is 5.75 Å². The molecule has 5 rings (SSSR count). The zero-order valence-electron chi connectivity index (χ0n) is 19.7. The second-order valence-corrected chi connectivity index (χ2v) is 9.25. The number of hydrogen-bond acceptors (Lipinski definition) is 6. The van der Waals surface area contributed by atoms with E-state index in [2.05, 4.69) is 20.3 Å². The van der Waals surface area contributed by atoms with E-state index in [9.17, 15) is 22.8 Å². The highest BCUT2D eigenvalue weighted by molar-refractivity contribution is 5.97. The van der Waals surface area contributed by atoms with Crippen LogP contribution in [0.4, 0.5) is 13.2 Å². The van der Waals surface area contributed by atoms with Gasteiger partial charge in [0, 0.05) is 48.1 Å². The average Bonchev–Trinajstić information content (AvgIpc) is 3.72. The van der Waals surface area contributed by atoms with Gasteiger partial charge in [0.15, 0.2) is 0 Å². The lowest BCUT2D eigenvalue weighted by molar-refractivity contribution is -0.133. The third-order valence-corrected chi connectivity index (χ3v) is 6.50. The summed E-state index contributed by atoms with van der Waals surface area (Å²) in [6.45, 7) is -0.410. The first-order chi connectivity index (χ1) is 17.7. The molecule has 3 aromatic rings. The molecule has 1 aromatic carbocycles. The standard InChI is InChI=1S/C26H24F3N5O3/c27-26(28,29)6-7-31-25(36)22-19(8-15(10-32-22)23(30)35)16-9-20-18(2-1-3-21(20)37-13-16)17-11-33-24(34-12-17)14-4-5-14/h1-3,8,10-12,14,16H,4-7,9,13H2,(H2,30,35)(H,31,36)/t16-/m1/s1. The summed E-state index contributed by atoms with van der Waals surface area (Å²) in [5, 5.41) is 2.26. The number of aromatic nitrogens is 3. The molecule has 0 unspecified atom stereocenters. The van der Waals surface area contributed by atoms with Crippen molar-refractivity contribution >= 4 is 11.8 Å². The number of nitrogens with two attached hydrogens (primary N) is 1. The zero-order chi connectivity index (χ0) is 26.2. The summed E-state index contributed by atoms with van der Waals surface area (Å²) in [5.74, 6) is 0.0305. The van der Waals surface area contributed by atoms with Crippen LogP contribution in [-0.4, -0.2) is 46.1 Å². The van der Waals surface area contributed by atoms with E-state index in [1.807, 2.05) is 18.2 Å². The summed E-state index contributed by atoms with van der Waals surface area (Å²) in [6.07, 6.45) is 1.77. The van der Waals surface area contributed by atoms with Crippen LogP contribution in [-0.2, 0) is 6.42 Å². The second-order valence-electron chi connectivity index (χ2n) is 9.25. The maximum atomic E-state index is 12.8. The molecule has 1 aliphatic carbocycles. The number of amides is 2. The number of pyridine rings is 1. The van der Waals surface area contributed by atoms with Crippen LogP contribution in [0.2, 0.25) is 0 Å². The van der Waals surface area contributed by atoms with Crippen LogP contribution >= 0.6 is 0 Å². The van der Waals surface area contributed by atoms with Crippen molar-refractivity contribution < 1.29 is 27.5 Å². The number of carbonyl (C=O) groups is 2. The molecule has 1 fully saturated rings. The zero-order valence-corrected chi connectivity index (χ0v) is 19.7. The first-order valence-corrected chi connectivity index (χ1v) is 11.9. The fourth-order valence-corrected chi connectivity index (χ4v) is 4.43. The maximum absolute atomic E-state index is 12.8. The number of rotatable bonds is 7. The van der Waals surface area contributed by atoms with E-state index >= 15 is 0 Å². The van der Waals surface area contributed by atoms with Gasteiger partial charge in [0.25, 0.3) is 5.91 Å². The molecule has 2 aliphatic rings. The van der Waals surface area contributed by atoms with Gasteiger partial charge in [-0.1, -0.05) is 12.1 Å². The molecule has 0 radical (unpaired) electrons. The molecule has 192 valence electrons. The minimum Gasteiger partial charge on any atom is -0.493 e. The van der Waals surface area contributed by atoms with Crippen molar-refractivity contribution in [3.63, 3.8) is 0 Å². The molecule has 8 nitrogen and oxygen atoms in total. The number of primary amides is 1. The summed E-state index contributed by atoms with van der Waals surface area (Å²) in [5.41, 5.74) is 8.39. The number of carbonyl (C=O) groups excluding carboxylic acids is 2. The Morgan fingerprint density at radius 2 is 1.84 bits per heavy atom. The molecular formula is C26H24F3N5O3. The lowest BCUT2D eigenvalue weighted by atomic mass is 9.85. The number of fused-ring (bicyclic) bond motifs is 1. The minimum atomic E-state index is -4.41. The van der Waals surface area contributed by atoms with Gasteiger partial charge in [0.1, 0.15) is 17.3 Å². The third-order valence-electron chi connectivity index (χ3n) is 6.50. The van der Waals surface area contributed by atoms with E-state index in [0.29, 0.717) is 23.7 Å². The van der Waals surface area contributed by atoms with Crippen molar-refractivity contribution in [2.45, 2.75) is 43.7 Å².